The number of amides is 1. The van der Waals surface area contributed by atoms with Gasteiger partial charge in [-0.05, 0) is 18.2 Å². The maximum absolute atomic E-state index is 11.1. The quantitative estimate of drug-likeness (QED) is 0.798. The first-order chi connectivity index (χ1) is 9.02. The second-order valence-electron chi connectivity index (χ2n) is 3.76. The van der Waals surface area contributed by atoms with Gasteiger partial charge in [-0.2, -0.15) is 5.10 Å². The molecule has 4 N–H and O–H groups in total. The van der Waals surface area contributed by atoms with Crippen LogP contribution in [0.25, 0.3) is 5.69 Å². The van der Waals surface area contributed by atoms with Crippen LogP contribution in [-0.2, 0) is 0 Å². The molecule has 19 heavy (non-hydrogen) atoms. The lowest BCUT2D eigenvalue weighted by molar-refractivity contribution is 0.0995. The molecule has 0 fully saturated rings. The van der Waals surface area contributed by atoms with Crippen molar-refractivity contribution in [1.82, 2.24) is 9.78 Å². The van der Waals surface area contributed by atoms with Crippen molar-refractivity contribution in [2.75, 3.05) is 7.11 Å². The van der Waals surface area contributed by atoms with Crippen LogP contribution >= 0.6 is 12.2 Å². The molecule has 98 valence electrons. The predicted octanol–water partition coefficient (Wildman–Crippen LogP) is 0.614. The minimum absolute atomic E-state index is 0.164. The fraction of sp³-hybridized carbons (Fsp3) is 0.0833. The van der Waals surface area contributed by atoms with Crippen molar-refractivity contribution in [3.8, 4) is 11.4 Å². The molecule has 1 amide bonds. The number of carbonyl (C=O) groups is 1. The molecule has 1 aromatic carbocycles. The Balaban J connectivity index is 2.57. The summed E-state index contributed by atoms with van der Waals surface area (Å²) in [5, 5.41) is 4.07. The third-order valence-electron chi connectivity index (χ3n) is 2.56. The van der Waals surface area contributed by atoms with Crippen molar-refractivity contribution in [2.24, 2.45) is 11.5 Å². The van der Waals surface area contributed by atoms with E-state index in [-0.39, 0.29) is 10.7 Å². The Morgan fingerprint density at radius 1 is 1.37 bits per heavy atom. The lowest BCUT2D eigenvalue weighted by atomic mass is 10.1. The van der Waals surface area contributed by atoms with Gasteiger partial charge in [0.05, 0.1) is 12.8 Å². The van der Waals surface area contributed by atoms with Gasteiger partial charge in [0.1, 0.15) is 16.4 Å². The summed E-state index contributed by atoms with van der Waals surface area (Å²) in [4.78, 5) is 11.3. The van der Waals surface area contributed by atoms with Gasteiger partial charge < -0.3 is 16.2 Å². The van der Waals surface area contributed by atoms with E-state index < -0.39 is 5.91 Å². The summed E-state index contributed by atoms with van der Waals surface area (Å²) in [5.74, 6) is 0.0321. The molecule has 0 atom stereocenters. The average Bonchev–Trinajstić information content (AvgIpc) is 2.87. The van der Waals surface area contributed by atoms with Gasteiger partial charge in [0.15, 0.2) is 0 Å². The molecule has 0 saturated heterocycles. The minimum Gasteiger partial charge on any atom is -0.497 e. The van der Waals surface area contributed by atoms with Crippen LogP contribution < -0.4 is 16.2 Å². The van der Waals surface area contributed by atoms with Crippen molar-refractivity contribution < 1.29 is 9.53 Å². The number of thiocarbonyl (C=S) groups is 1. The summed E-state index contributed by atoms with van der Waals surface area (Å²) in [6.07, 6.45) is 1.61. The van der Waals surface area contributed by atoms with Crippen LogP contribution in [0.15, 0.2) is 30.5 Å². The molecular formula is C12H12N4O2S. The molecule has 0 radical (unpaired) electrons. The Morgan fingerprint density at radius 3 is 2.63 bits per heavy atom. The molecule has 2 aromatic rings. The second-order valence-corrected chi connectivity index (χ2v) is 4.20. The number of hydrogen-bond acceptors (Lipinski definition) is 4. The van der Waals surface area contributed by atoms with Crippen LogP contribution in [0, 0.1) is 0 Å². The maximum atomic E-state index is 11.1. The first kappa shape index (κ1) is 13.0. The van der Waals surface area contributed by atoms with Crippen molar-refractivity contribution >= 4 is 23.1 Å². The Bertz CT molecular complexity index is 651. The predicted molar refractivity (Wildman–Crippen MR) is 74.5 cm³/mol. The zero-order valence-corrected chi connectivity index (χ0v) is 11.0. The number of benzene rings is 1. The summed E-state index contributed by atoms with van der Waals surface area (Å²) in [5.41, 5.74) is 12.3. The lowest BCUT2D eigenvalue weighted by Gasteiger charge is -2.10. The number of hydrogen-bond donors (Lipinski definition) is 2. The Kier molecular flexibility index (Phi) is 3.48. The fourth-order valence-corrected chi connectivity index (χ4v) is 1.80. The molecule has 0 saturated carbocycles. The van der Waals surface area contributed by atoms with Gasteiger partial charge in [-0.25, -0.2) is 4.68 Å². The molecule has 0 unspecified atom stereocenters. The summed E-state index contributed by atoms with van der Waals surface area (Å²) in [6, 6.07) is 6.73. The molecule has 0 aliphatic rings. The monoisotopic (exact) mass is 276 g/mol. The van der Waals surface area contributed by atoms with E-state index in [1.165, 1.54) is 10.7 Å². The first-order valence-corrected chi connectivity index (χ1v) is 5.77. The van der Waals surface area contributed by atoms with Crippen molar-refractivity contribution in [3.63, 3.8) is 0 Å². The van der Waals surface area contributed by atoms with Crippen LogP contribution in [0.3, 0.4) is 0 Å². The third-order valence-corrected chi connectivity index (χ3v) is 2.78. The van der Waals surface area contributed by atoms with Crippen molar-refractivity contribution in [2.45, 2.75) is 0 Å². The van der Waals surface area contributed by atoms with Crippen LogP contribution in [0.4, 0.5) is 0 Å². The number of methoxy groups -OCH3 is 1. The third kappa shape index (κ3) is 2.55. The van der Waals surface area contributed by atoms with E-state index in [2.05, 4.69) is 5.10 Å². The van der Waals surface area contributed by atoms with E-state index in [9.17, 15) is 4.79 Å². The van der Waals surface area contributed by atoms with Crippen LogP contribution in [-0.4, -0.2) is 27.8 Å². The summed E-state index contributed by atoms with van der Waals surface area (Å²) >= 11 is 4.99. The molecule has 0 bridgehead atoms. The first-order valence-electron chi connectivity index (χ1n) is 5.36. The largest absolute Gasteiger partial charge is 0.497 e. The molecule has 2 rings (SSSR count). The summed E-state index contributed by atoms with van der Waals surface area (Å²) in [7, 11) is 1.55. The molecular weight excluding hydrogens is 264 g/mol. The molecule has 0 spiro atoms. The van der Waals surface area contributed by atoms with Gasteiger partial charge >= 0.3 is 0 Å². The van der Waals surface area contributed by atoms with Crippen molar-refractivity contribution in [3.05, 3.63) is 41.7 Å². The molecule has 1 aromatic heterocycles. The van der Waals surface area contributed by atoms with E-state index in [0.29, 0.717) is 17.0 Å². The topological polar surface area (TPSA) is 96.2 Å². The smallest absolute Gasteiger partial charge is 0.269 e. The standard InChI is InChI=1S/C12H12N4O2S/c1-18-7-2-3-8(12(14)19)10(6-7)16-5-4-9(15-16)11(13)17/h2-6H,1H3,(H2,13,17)(H2,14,19). The number of rotatable bonds is 4. The summed E-state index contributed by atoms with van der Waals surface area (Å²) in [6.45, 7) is 0. The number of primary amides is 1. The Hall–Kier alpha value is -2.41. The van der Waals surface area contributed by atoms with E-state index in [4.69, 9.17) is 28.4 Å². The fourth-order valence-electron chi connectivity index (χ4n) is 1.63. The SMILES string of the molecule is COc1ccc(C(N)=S)c(-n2ccc(C(N)=O)n2)c1. The Labute approximate surface area is 115 Å². The highest BCUT2D eigenvalue weighted by molar-refractivity contribution is 7.80. The zero-order chi connectivity index (χ0) is 14.0. The molecule has 7 heteroatoms. The van der Waals surface area contributed by atoms with E-state index >= 15 is 0 Å². The normalized spacial score (nSPS) is 10.2. The van der Waals surface area contributed by atoms with E-state index in [1.807, 2.05) is 0 Å². The highest BCUT2D eigenvalue weighted by atomic mass is 32.1. The number of nitrogens with two attached hydrogens (primary N) is 2. The van der Waals surface area contributed by atoms with Gasteiger partial charge in [-0.15, -0.1) is 0 Å². The van der Waals surface area contributed by atoms with Crippen LogP contribution in [0.1, 0.15) is 16.1 Å². The average molecular weight is 276 g/mol. The maximum Gasteiger partial charge on any atom is 0.269 e. The van der Waals surface area contributed by atoms with Gasteiger partial charge in [-0.3, -0.25) is 4.79 Å². The Morgan fingerprint density at radius 2 is 2.11 bits per heavy atom. The lowest BCUT2D eigenvalue weighted by Crippen LogP contribution is -2.15. The molecule has 6 nitrogen and oxygen atoms in total. The van der Waals surface area contributed by atoms with Crippen molar-refractivity contribution in [1.29, 1.82) is 0 Å². The van der Waals surface area contributed by atoms with Gasteiger partial charge in [-0.1, -0.05) is 12.2 Å². The highest BCUT2D eigenvalue weighted by Crippen LogP contribution is 2.21. The molecule has 0 aliphatic carbocycles. The van der Waals surface area contributed by atoms with Gasteiger partial charge in [0, 0.05) is 17.8 Å². The molecule has 1 heterocycles. The second kappa shape index (κ2) is 5.07. The highest BCUT2D eigenvalue weighted by Gasteiger charge is 2.12. The number of aromatic nitrogens is 2. The minimum atomic E-state index is -0.599. The number of carbonyl (C=O) groups excluding carboxylic acids is 1. The van der Waals surface area contributed by atoms with E-state index in [0.717, 1.165) is 0 Å². The zero-order valence-electron chi connectivity index (χ0n) is 10.2. The van der Waals surface area contributed by atoms with E-state index in [1.54, 1.807) is 31.5 Å². The van der Waals surface area contributed by atoms with Crippen LogP contribution in [0.2, 0.25) is 0 Å². The molecule has 0 aliphatic heterocycles. The number of ether oxygens (including phenoxy) is 1. The number of nitrogens with zero attached hydrogens (tertiary/aromatic N) is 2. The van der Waals surface area contributed by atoms with Gasteiger partial charge in [0.25, 0.3) is 5.91 Å². The van der Waals surface area contributed by atoms with Crippen LogP contribution in [0.5, 0.6) is 5.75 Å². The summed E-state index contributed by atoms with van der Waals surface area (Å²) < 4.78 is 6.63. The van der Waals surface area contributed by atoms with Gasteiger partial charge in [0.2, 0.25) is 0 Å².